The fraction of sp³-hybridized carbons (Fsp3) is 0.160. The summed E-state index contributed by atoms with van der Waals surface area (Å²) in [4.78, 5) is 26.3. The first-order valence-corrected chi connectivity index (χ1v) is 12.4. The van der Waals surface area contributed by atoms with Gasteiger partial charge in [-0.2, -0.15) is 0 Å². The van der Waals surface area contributed by atoms with Crippen LogP contribution >= 0.6 is 47.0 Å². The topological polar surface area (TPSA) is 80.1 Å². The Balaban J connectivity index is 1.56. The molecule has 11 heteroatoms. The number of benzene rings is 3. The lowest BCUT2D eigenvalue weighted by Gasteiger charge is -2.27. The minimum atomic E-state index is -1.96. The number of para-hydroxylation sites is 1. The van der Waals surface area contributed by atoms with Gasteiger partial charge in [-0.1, -0.05) is 89.4 Å². The number of rotatable bonds is 5. The summed E-state index contributed by atoms with van der Waals surface area (Å²) in [7, 11) is 1.76. The third kappa shape index (κ3) is 5.37. The summed E-state index contributed by atoms with van der Waals surface area (Å²) < 4.78 is 1.26. The van der Waals surface area contributed by atoms with E-state index in [0.29, 0.717) is 16.9 Å². The Hall–Kier alpha value is -3.04. The first-order valence-electron chi connectivity index (χ1n) is 10.8. The number of carbonyl (C=O) groups is 1. The first kappa shape index (κ1) is 26.0. The number of carbonyl (C=O) groups excluding carboxylic acids is 1. The van der Waals surface area contributed by atoms with Gasteiger partial charge in [0.2, 0.25) is 3.79 Å². The Morgan fingerprint density at radius 3 is 2.28 bits per heavy atom. The molecule has 0 saturated carbocycles. The molecule has 3 N–H and O–H groups in total. The number of anilines is 1. The fourth-order valence-electron chi connectivity index (χ4n) is 3.82. The van der Waals surface area contributed by atoms with Gasteiger partial charge >= 0.3 is 0 Å². The largest absolute Gasteiger partial charge is 0.339 e. The highest BCUT2D eigenvalue weighted by Crippen LogP contribution is 2.30. The van der Waals surface area contributed by atoms with Gasteiger partial charge < -0.3 is 16.0 Å². The second-order valence-electron chi connectivity index (χ2n) is 8.01. The molecule has 1 amide bonds. The van der Waals surface area contributed by atoms with E-state index in [9.17, 15) is 9.59 Å². The van der Waals surface area contributed by atoms with Crippen molar-refractivity contribution in [2.75, 3.05) is 5.32 Å². The van der Waals surface area contributed by atoms with Crippen LogP contribution in [0.5, 0.6) is 0 Å². The highest BCUT2D eigenvalue weighted by molar-refractivity contribution is 7.80. The third-order valence-electron chi connectivity index (χ3n) is 5.71. The zero-order valence-electron chi connectivity index (χ0n) is 19.3. The molecule has 0 radical (unpaired) electrons. The van der Waals surface area contributed by atoms with Crippen LogP contribution in [-0.4, -0.2) is 30.3 Å². The van der Waals surface area contributed by atoms with Crippen LogP contribution in [0.1, 0.15) is 16.1 Å². The molecule has 0 fully saturated rings. The van der Waals surface area contributed by atoms with Gasteiger partial charge in [-0.05, 0) is 48.1 Å². The average molecular weight is 563 g/mol. The van der Waals surface area contributed by atoms with E-state index < -0.39 is 15.9 Å². The number of alkyl halides is 3. The molecule has 0 aliphatic carbocycles. The highest BCUT2D eigenvalue weighted by atomic mass is 35.6. The molecule has 0 bridgehead atoms. The van der Waals surface area contributed by atoms with Crippen molar-refractivity contribution in [2.24, 2.45) is 7.05 Å². The third-order valence-corrected chi connectivity index (χ3v) is 6.58. The quantitative estimate of drug-likeness (QED) is 0.180. The van der Waals surface area contributed by atoms with Crippen molar-refractivity contribution in [3.05, 3.63) is 94.4 Å². The summed E-state index contributed by atoms with van der Waals surface area (Å²) in [6.07, 6.45) is -1.20. The van der Waals surface area contributed by atoms with Crippen LogP contribution in [0.25, 0.3) is 16.5 Å². The van der Waals surface area contributed by atoms with Crippen molar-refractivity contribution in [2.45, 2.75) is 16.9 Å². The zero-order valence-corrected chi connectivity index (χ0v) is 22.3. The number of hydrogen-bond donors (Lipinski definition) is 3. The number of nitrogens with zero attached hydrogens (tertiary/aromatic N) is 2. The smallest absolute Gasteiger partial charge is 0.295 e. The fourth-order valence-corrected chi connectivity index (χ4v) is 4.37. The number of halogens is 3. The second kappa shape index (κ2) is 10.5. The van der Waals surface area contributed by atoms with Crippen molar-refractivity contribution in [1.29, 1.82) is 0 Å². The van der Waals surface area contributed by atoms with Gasteiger partial charge in [-0.3, -0.25) is 14.3 Å². The van der Waals surface area contributed by atoms with Crippen LogP contribution in [-0.2, 0) is 7.05 Å². The SMILES string of the molecule is Cc1c(NC(=S)NC(NC(=O)c2cccc3ccccc23)C(Cl)(Cl)Cl)c(=O)n(-c2ccccc2)n1C. The normalized spacial score (nSPS) is 12.2. The maximum absolute atomic E-state index is 13.2. The van der Waals surface area contributed by atoms with E-state index in [0.717, 1.165) is 10.8 Å². The zero-order chi connectivity index (χ0) is 26.0. The summed E-state index contributed by atoms with van der Waals surface area (Å²) >= 11 is 23.9. The Morgan fingerprint density at radius 2 is 1.58 bits per heavy atom. The van der Waals surface area contributed by atoms with Gasteiger partial charge in [0, 0.05) is 12.6 Å². The van der Waals surface area contributed by atoms with E-state index in [-0.39, 0.29) is 16.4 Å². The molecule has 0 saturated heterocycles. The predicted molar refractivity (Wildman–Crippen MR) is 151 cm³/mol. The number of aromatic nitrogens is 2. The van der Waals surface area contributed by atoms with E-state index in [2.05, 4.69) is 16.0 Å². The molecule has 1 atom stereocenters. The molecule has 1 unspecified atom stereocenters. The van der Waals surface area contributed by atoms with Crippen molar-refractivity contribution in [1.82, 2.24) is 20.0 Å². The molecule has 36 heavy (non-hydrogen) atoms. The number of fused-ring (bicyclic) bond motifs is 1. The van der Waals surface area contributed by atoms with Crippen LogP contribution in [0, 0.1) is 6.92 Å². The molecule has 0 aliphatic heterocycles. The molecule has 7 nitrogen and oxygen atoms in total. The Bertz CT molecular complexity index is 1490. The Morgan fingerprint density at radius 1 is 0.944 bits per heavy atom. The molecule has 186 valence electrons. The molecule has 4 rings (SSSR count). The molecule has 4 aromatic rings. The van der Waals surface area contributed by atoms with Gasteiger partial charge in [0.05, 0.1) is 11.4 Å². The van der Waals surface area contributed by atoms with Gasteiger partial charge in [-0.15, -0.1) is 0 Å². The van der Waals surface area contributed by atoms with Gasteiger partial charge in [-0.25, -0.2) is 4.68 Å². The van der Waals surface area contributed by atoms with Gasteiger partial charge in [0.15, 0.2) is 5.11 Å². The van der Waals surface area contributed by atoms with E-state index in [1.807, 2.05) is 60.7 Å². The van der Waals surface area contributed by atoms with Crippen LogP contribution in [0.15, 0.2) is 77.6 Å². The minimum Gasteiger partial charge on any atom is -0.339 e. The summed E-state index contributed by atoms with van der Waals surface area (Å²) in [6.45, 7) is 1.78. The van der Waals surface area contributed by atoms with Crippen molar-refractivity contribution in [3.63, 3.8) is 0 Å². The van der Waals surface area contributed by atoms with Crippen molar-refractivity contribution in [3.8, 4) is 5.69 Å². The second-order valence-corrected chi connectivity index (χ2v) is 10.8. The molecular weight excluding hydrogens is 541 g/mol. The maximum Gasteiger partial charge on any atom is 0.295 e. The van der Waals surface area contributed by atoms with Crippen LogP contribution in [0.2, 0.25) is 0 Å². The predicted octanol–water partition coefficient (Wildman–Crippen LogP) is 5.05. The average Bonchev–Trinajstić information content (AvgIpc) is 3.06. The van der Waals surface area contributed by atoms with Gasteiger partial charge in [0.25, 0.3) is 11.5 Å². The number of amides is 1. The summed E-state index contributed by atoms with van der Waals surface area (Å²) in [5, 5.41) is 10.0. The Kier molecular flexibility index (Phi) is 7.61. The lowest BCUT2D eigenvalue weighted by molar-refractivity contribution is 0.0936. The van der Waals surface area contributed by atoms with E-state index >= 15 is 0 Å². The molecule has 0 aliphatic rings. The summed E-state index contributed by atoms with van der Waals surface area (Å²) in [5.41, 5.74) is 1.69. The minimum absolute atomic E-state index is 0.00411. The number of nitrogens with one attached hydrogen (secondary N) is 3. The summed E-state index contributed by atoms with van der Waals surface area (Å²) in [6, 6.07) is 22.0. The van der Waals surface area contributed by atoms with Crippen LogP contribution in [0.4, 0.5) is 5.69 Å². The lowest BCUT2D eigenvalue weighted by atomic mass is 10.0. The van der Waals surface area contributed by atoms with Crippen molar-refractivity contribution < 1.29 is 4.79 Å². The molecule has 0 spiro atoms. The molecule has 1 aromatic heterocycles. The van der Waals surface area contributed by atoms with Gasteiger partial charge in [0.1, 0.15) is 11.9 Å². The van der Waals surface area contributed by atoms with E-state index in [4.69, 9.17) is 47.0 Å². The molecule has 1 heterocycles. The van der Waals surface area contributed by atoms with E-state index in [1.54, 1.807) is 30.8 Å². The van der Waals surface area contributed by atoms with Crippen LogP contribution < -0.4 is 21.5 Å². The monoisotopic (exact) mass is 561 g/mol. The highest BCUT2D eigenvalue weighted by Gasteiger charge is 2.35. The molecule has 3 aromatic carbocycles. The first-order chi connectivity index (χ1) is 17.1. The Labute approximate surface area is 227 Å². The van der Waals surface area contributed by atoms with Crippen LogP contribution in [0.3, 0.4) is 0 Å². The standard InChI is InChI=1S/C25H22Cl3N5O2S/c1-15-20(22(35)33(32(15)2)17-11-4-3-5-12-17)29-24(36)31-23(25(26,27)28)30-21(34)19-14-8-10-16-9-6-7-13-18(16)19/h3-14,23H,1-2H3,(H,30,34)(H2,29,31,36). The van der Waals surface area contributed by atoms with E-state index in [1.165, 1.54) is 4.68 Å². The van der Waals surface area contributed by atoms with Crippen molar-refractivity contribution >= 4 is 74.5 Å². The number of hydrogen-bond acceptors (Lipinski definition) is 3. The lowest BCUT2D eigenvalue weighted by Crippen LogP contribution is -2.56. The number of thiocarbonyl (C=S) groups is 1. The molecular formula is C25H22Cl3N5O2S. The summed E-state index contributed by atoms with van der Waals surface area (Å²) in [5.74, 6) is -0.458. The maximum atomic E-state index is 13.2.